The standard InChI is InChI=1S/C17H19FN2/c1-3-10-20-16(11-19)15-9-8-14(12-6-5-7-12)13(4-2)17(15)18/h3-4,8-12H,1-2,5-7,19H2/b16-11-,20-10?. The number of allylic oxidation sites excluding steroid dienone is 1. The molecular weight excluding hydrogens is 251 g/mol. The molecule has 2 nitrogen and oxygen atoms in total. The lowest BCUT2D eigenvalue weighted by Crippen LogP contribution is -2.11. The van der Waals surface area contributed by atoms with Crippen LogP contribution in [0.25, 0.3) is 11.8 Å². The smallest absolute Gasteiger partial charge is 0.140 e. The second kappa shape index (κ2) is 6.33. The molecule has 0 spiro atoms. The van der Waals surface area contributed by atoms with E-state index in [-0.39, 0.29) is 5.82 Å². The SMILES string of the molecule is C=CC=N/C(=C\N)c1ccc(C2CCC2)c(C=C)c1F. The summed E-state index contributed by atoms with van der Waals surface area (Å²) in [6.07, 6.45) is 9.35. The van der Waals surface area contributed by atoms with E-state index in [1.54, 1.807) is 12.1 Å². The molecule has 0 amide bonds. The highest BCUT2D eigenvalue weighted by Crippen LogP contribution is 2.40. The number of nitrogens with two attached hydrogens (primary N) is 1. The third kappa shape index (κ3) is 2.57. The molecule has 0 heterocycles. The van der Waals surface area contributed by atoms with Crippen LogP contribution in [0.15, 0.2) is 42.6 Å². The largest absolute Gasteiger partial charge is 0.403 e. The fourth-order valence-corrected chi connectivity index (χ4v) is 2.42. The third-order valence-corrected chi connectivity index (χ3v) is 3.72. The summed E-state index contributed by atoms with van der Waals surface area (Å²) in [4.78, 5) is 4.09. The summed E-state index contributed by atoms with van der Waals surface area (Å²) in [7, 11) is 0. The minimum Gasteiger partial charge on any atom is -0.403 e. The minimum atomic E-state index is -0.303. The maximum absolute atomic E-state index is 14.7. The molecule has 3 heteroatoms. The molecule has 104 valence electrons. The van der Waals surface area contributed by atoms with Crippen LogP contribution in [-0.2, 0) is 0 Å². The summed E-state index contributed by atoms with van der Waals surface area (Å²) in [5.41, 5.74) is 7.93. The quantitative estimate of drug-likeness (QED) is 0.798. The minimum absolute atomic E-state index is 0.303. The molecule has 1 fully saturated rings. The Balaban J connectivity index is 2.48. The van der Waals surface area contributed by atoms with Crippen molar-refractivity contribution < 1.29 is 4.39 Å². The van der Waals surface area contributed by atoms with Gasteiger partial charge in [-0.15, -0.1) is 0 Å². The van der Waals surface area contributed by atoms with E-state index in [2.05, 4.69) is 18.2 Å². The number of benzene rings is 1. The highest BCUT2D eigenvalue weighted by Gasteiger charge is 2.24. The lowest BCUT2D eigenvalue weighted by atomic mass is 9.77. The second-order valence-corrected chi connectivity index (χ2v) is 4.83. The van der Waals surface area contributed by atoms with Gasteiger partial charge < -0.3 is 5.73 Å². The molecule has 0 saturated heterocycles. The summed E-state index contributed by atoms with van der Waals surface area (Å²) in [6.45, 7) is 7.28. The third-order valence-electron chi connectivity index (χ3n) is 3.72. The van der Waals surface area contributed by atoms with Gasteiger partial charge in [-0.3, -0.25) is 4.99 Å². The fraction of sp³-hybridized carbons (Fsp3) is 0.235. The molecule has 0 aromatic heterocycles. The van der Waals surface area contributed by atoms with Crippen LogP contribution in [0.4, 0.5) is 4.39 Å². The van der Waals surface area contributed by atoms with Crippen molar-refractivity contribution in [3.05, 3.63) is 60.1 Å². The van der Waals surface area contributed by atoms with E-state index in [0.717, 1.165) is 18.4 Å². The molecule has 1 aliphatic carbocycles. The van der Waals surface area contributed by atoms with Gasteiger partial charge in [0.2, 0.25) is 0 Å². The summed E-state index contributed by atoms with van der Waals surface area (Å²) in [5.74, 6) is 0.149. The van der Waals surface area contributed by atoms with Gasteiger partial charge in [0.05, 0.1) is 5.70 Å². The van der Waals surface area contributed by atoms with Gasteiger partial charge in [-0.1, -0.05) is 37.8 Å². The fourth-order valence-electron chi connectivity index (χ4n) is 2.42. The Morgan fingerprint density at radius 1 is 1.35 bits per heavy atom. The summed E-state index contributed by atoms with van der Waals surface area (Å²) >= 11 is 0. The van der Waals surface area contributed by atoms with E-state index in [9.17, 15) is 4.39 Å². The normalized spacial score (nSPS) is 16.1. The monoisotopic (exact) mass is 270 g/mol. The number of rotatable bonds is 5. The van der Waals surface area contributed by atoms with Gasteiger partial charge >= 0.3 is 0 Å². The van der Waals surface area contributed by atoms with E-state index in [1.807, 2.05) is 6.07 Å². The van der Waals surface area contributed by atoms with E-state index in [1.165, 1.54) is 24.9 Å². The predicted octanol–water partition coefficient (Wildman–Crippen LogP) is 4.25. The zero-order valence-corrected chi connectivity index (χ0v) is 11.5. The first-order valence-electron chi connectivity index (χ1n) is 6.75. The highest BCUT2D eigenvalue weighted by molar-refractivity contribution is 5.80. The van der Waals surface area contributed by atoms with Gasteiger partial charge in [0, 0.05) is 23.5 Å². The Labute approximate surface area is 119 Å². The van der Waals surface area contributed by atoms with E-state index in [0.29, 0.717) is 22.7 Å². The molecule has 1 saturated carbocycles. The first kappa shape index (κ1) is 14.3. The van der Waals surface area contributed by atoms with Crippen molar-refractivity contribution in [2.24, 2.45) is 10.7 Å². The van der Waals surface area contributed by atoms with Crippen LogP contribution in [0.3, 0.4) is 0 Å². The van der Waals surface area contributed by atoms with E-state index >= 15 is 0 Å². The predicted molar refractivity (Wildman–Crippen MR) is 83.9 cm³/mol. The van der Waals surface area contributed by atoms with Gasteiger partial charge in [-0.25, -0.2) is 4.39 Å². The summed E-state index contributed by atoms with van der Waals surface area (Å²) < 4.78 is 14.7. The molecule has 0 unspecified atom stereocenters. The number of hydrogen-bond acceptors (Lipinski definition) is 2. The van der Waals surface area contributed by atoms with Gasteiger partial charge in [0.1, 0.15) is 5.82 Å². The lowest BCUT2D eigenvalue weighted by Gasteiger charge is -2.28. The molecule has 0 radical (unpaired) electrons. The molecule has 1 aromatic rings. The van der Waals surface area contributed by atoms with Crippen LogP contribution >= 0.6 is 0 Å². The molecule has 0 aliphatic heterocycles. The lowest BCUT2D eigenvalue weighted by molar-refractivity contribution is 0.417. The summed E-state index contributed by atoms with van der Waals surface area (Å²) in [6, 6.07) is 3.71. The van der Waals surface area contributed by atoms with Crippen LogP contribution in [-0.4, -0.2) is 6.21 Å². The average Bonchev–Trinajstić information content (AvgIpc) is 2.40. The van der Waals surface area contributed by atoms with Crippen molar-refractivity contribution in [1.29, 1.82) is 0 Å². The van der Waals surface area contributed by atoms with Crippen molar-refractivity contribution in [3.63, 3.8) is 0 Å². The Morgan fingerprint density at radius 2 is 2.10 bits per heavy atom. The average molecular weight is 270 g/mol. The van der Waals surface area contributed by atoms with Crippen molar-refractivity contribution in [2.75, 3.05) is 0 Å². The zero-order valence-electron chi connectivity index (χ0n) is 11.5. The van der Waals surface area contributed by atoms with Gasteiger partial charge in [0.25, 0.3) is 0 Å². The molecule has 2 N–H and O–H groups in total. The van der Waals surface area contributed by atoms with Gasteiger partial charge in [-0.05, 0) is 30.4 Å². The van der Waals surface area contributed by atoms with Crippen LogP contribution in [0.2, 0.25) is 0 Å². The molecule has 0 atom stereocenters. The first-order chi connectivity index (χ1) is 9.72. The molecule has 1 aromatic carbocycles. The Kier molecular flexibility index (Phi) is 4.51. The van der Waals surface area contributed by atoms with Crippen LogP contribution in [0.5, 0.6) is 0 Å². The Bertz CT molecular complexity index is 581. The van der Waals surface area contributed by atoms with Gasteiger partial charge in [0.15, 0.2) is 0 Å². The number of nitrogens with zero attached hydrogens (tertiary/aromatic N) is 1. The highest BCUT2D eigenvalue weighted by atomic mass is 19.1. The molecule has 0 bridgehead atoms. The van der Waals surface area contributed by atoms with Crippen LogP contribution in [0, 0.1) is 5.82 Å². The van der Waals surface area contributed by atoms with Crippen LogP contribution < -0.4 is 5.73 Å². The maximum atomic E-state index is 14.7. The van der Waals surface area contributed by atoms with E-state index < -0.39 is 0 Å². The number of aliphatic imine (C=N–C) groups is 1. The van der Waals surface area contributed by atoms with Crippen molar-refractivity contribution in [2.45, 2.75) is 25.2 Å². The first-order valence-corrected chi connectivity index (χ1v) is 6.75. The topological polar surface area (TPSA) is 38.4 Å². The summed E-state index contributed by atoms with van der Waals surface area (Å²) in [5, 5.41) is 0. The Morgan fingerprint density at radius 3 is 2.60 bits per heavy atom. The zero-order chi connectivity index (χ0) is 14.5. The molecular formula is C17H19FN2. The Hall–Kier alpha value is -2.16. The second-order valence-electron chi connectivity index (χ2n) is 4.83. The molecule has 2 rings (SSSR count). The van der Waals surface area contributed by atoms with Gasteiger partial charge in [-0.2, -0.15) is 0 Å². The molecule has 1 aliphatic rings. The van der Waals surface area contributed by atoms with Crippen molar-refractivity contribution in [3.8, 4) is 0 Å². The number of halogens is 1. The maximum Gasteiger partial charge on any atom is 0.140 e. The van der Waals surface area contributed by atoms with Crippen LogP contribution in [0.1, 0.15) is 41.9 Å². The number of hydrogen-bond donors (Lipinski definition) is 1. The molecule has 20 heavy (non-hydrogen) atoms. The van der Waals surface area contributed by atoms with E-state index in [4.69, 9.17) is 5.73 Å². The van der Waals surface area contributed by atoms with Crippen molar-refractivity contribution in [1.82, 2.24) is 0 Å². The van der Waals surface area contributed by atoms with Crippen molar-refractivity contribution >= 4 is 18.0 Å².